The van der Waals surface area contributed by atoms with Crippen molar-refractivity contribution in [3.05, 3.63) is 57.6 Å². The number of nitrogens with one attached hydrogen (secondary N) is 1. The Hall–Kier alpha value is -1.92. The Balaban J connectivity index is 2.33. The topological polar surface area (TPSA) is 30.5 Å². The Morgan fingerprint density at radius 2 is 2.04 bits per heavy atom. The van der Waals surface area contributed by atoms with Crippen LogP contribution in [0.25, 0.3) is 0 Å². The van der Waals surface area contributed by atoms with Crippen LogP contribution in [0, 0.1) is 6.92 Å². The first-order valence-electron chi connectivity index (χ1n) is 8.04. The molecule has 2 aromatic carbocycles. The Labute approximate surface area is 162 Å². The predicted octanol–water partition coefficient (Wildman–Crippen LogP) is 6.07. The highest BCUT2D eigenvalue weighted by atomic mass is 35.5. The van der Waals surface area contributed by atoms with Gasteiger partial charge < -0.3 is 14.8 Å². The lowest BCUT2D eigenvalue weighted by molar-refractivity contribution is 0.148. The second kappa shape index (κ2) is 9.14. The number of ether oxygens (including phenoxy) is 2. The van der Waals surface area contributed by atoms with Gasteiger partial charge in [0.1, 0.15) is 12.4 Å². The van der Waals surface area contributed by atoms with Gasteiger partial charge in [0, 0.05) is 16.8 Å². The van der Waals surface area contributed by atoms with Gasteiger partial charge in [-0.15, -0.1) is 0 Å². The third kappa shape index (κ3) is 4.83. The number of methoxy groups -OCH3 is 1. The Kier molecular flexibility index (Phi) is 7.17. The van der Waals surface area contributed by atoms with Crippen LogP contribution < -0.4 is 10.1 Å². The number of thiocarbonyl (C=S) groups is 1. The largest absolute Gasteiger partial charge is 0.487 e. The van der Waals surface area contributed by atoms with Gasteiger partial charge in [-0.2, -0.15) is 0 Å². The minimum atomic E-state index is -2.65. The van der Waals surface area contributed by atoms with Crippen molar-refractivity contribution >= 4 is 34.7 Å². The second-order valence-corrected chi connectivity index (χ2v) is 6.42. The van der Waals surface area contributed by atoms with E-state index in [1.807, 2.05) is 26.0 Å². The molecule has 0 aliphatic carbocycles. The molecule has 0 saturated carbocycles. The molecule has 0 aliphatic heterocycles. The van der Waals surface area contributed by atoms with Crippen LogP contribution in [0.1, 0.15) is 35.6 Å². The second-order valence-electron chi connectivity index (χ2n) is 5.64. The zero-order valence-corrected chi connectivity index (χ0v) is 16.3. The van der Waals surface area contributed by atoms with E-state index in [0.29, 0.717) is 22.0 Å². The van der Waals surface area contributed by atoms with Crippen molar-refractivity contribution in [3.8, 4) is 5.75 Å². The van der Waals surface area contributed by atoms with Gasteiger partial charge in [-0.3, -0.25) is 0 Å². The molecule has 0 heterocycles. The highest BCUT2D eigenvalue weighted by Gasteiger charge is 2.18. The summed E-state index contributed by atoms with van der Waals surface area (Å²) < 4.78 is 37.5. The maximum atomic E-state index is 13.4. The van der Waals surface area contributed by atoms with Gasteiger partial charge in [-0.25, -0.2) is 8.78 Å². The summed E-state index contributed by atoms with van der Waals surface area (Å²) in [6.45, 7) is 3.91. The van der Waals surface area contributed by atoms with E-state index in [1.54, 1.807) is 6.07 Å². The van der Waals surface area contributed by atoms with E-state index in [9.17, 15) is 8.78 Å². The number of hydrogen-bond acceptors (Lipinski definition) is 3. The van der Waals surface area contributed by atoms with Crippen molar-refractivity contribution in [2.75, 3.05) is 12.4 Å². The number of rotatable bonds is 6. The fourth-order valence-corrected chi connectivity index (χ4v) is 2.94. The number of aryl methyl sites for hydroxylation is 2. The standard InChI is InChI=1S/C19H20ClF2NO2S/c1-4-12-9-15(20)17(8-11(12)2)25-10-14-13(18(21)22)6-5-7-16(14)23-19(26)24-3/h5-9,18H,4,10H2,1-3H3,(H,23,26). The van der Waals surface area contributed by atoms with Gasteiger partial charge in [-0.1, -0.05) is 30.7 Å². The van der Waals surface area contributed by atoms with Crippen LogP contribution in [0.5, 0.6) is 5.75 Å². The smallest absolute Gasteiger partial charge is 0.264 e. The van der Waals surface area contributed by atoms with Crippen LogP contribution in [-0.4, -0.2) is 12.3 Å². The van der Waals surface area contributed by atoms with Gasteiger partial charge in [0.25, 0.3) is 11.6 Å². The van der Waals surface area contributed by atoms with Crippen LogP contribution in [0.4, 0.5) is 14.5 Å². The predicted molar refractivity (Wildman–Crippen MR) is 105 cm³/mol. The molecule has 0 aromatic heterocycles. The first-order chi connectivity index (χ1) is 12.4. The lowest BCUT2D eigenvalue weighted by Gasteiger charge is -2.17. The molecule has 140 valence electrons. The van der Waals surface area contributed by atoms with Crippen LogP contribution in [-0.2, 0) is 17.8 Å². The molecule has 0 saturated heterocycles. The van der Waals surface area contributed by atoms with E-state index < -0.39 is 6.43 Å². The normalized spacial score (nSPS) is 10.7. The van der Waals surface area contributed by atoms with Gasteiger partial charge in [0.15, 0.2) is 0 Å². The van der Waals surface area contributed by atoms with Crippen molar-refractivity contribution in [3.63, 3.8) is 0 Å². The van der Waals surface area contributed by atoms with Crippen molar-refractivity contribution < 1.29 is 18.3 Å². The molecule has 0 radical (unpaired) electrons. The van der Waals surface area contributed by atoms with Gasteiger partial charge in [0.2, 0.25) is 0 Å². The number of alkyl halides is 2. The first-order valence-corrected chi connectivity index (χ1v) is 8.82. The van der Waals surface area contributed by atoms with Gasteiger partial charge in [0.05, 0.1) is 12.1 Å². The monoisotopic (exact) mass is 399 g/mol. The van der Waals surface area contributed by atoms with Gasteiger partial charge in [-0.05, 0) is 54.9 Å². The summed E-state index contributed by atoms with van der Waals surface area (Å²) >= 11 is 11.2. The summed E-state index contributed by atoms with van der Waals surface area (Å²) in [7, 11) is 1.40. The maximum Gasteiger partial charge on any atom is 0.264 e. The highest BCUT2D eigenvalue weighted by molar-refractivity contribution is 7.80. The molecule has 2 aromatic rings. The molecule has 0 atom stereocenters. The first kappa shape index (κ1) is 20.4. The lowest BCUT2D eigenvalue weighted by atomic mass is 10.1. The lowest BCUT2D eigenvalue weighted by Crippen LogP contribution is -2.14. The van der Waals surface area contributed by atoms with Crippen LogP contribution in [0.15, 0.2) is 30.3 Å². The van der Waals surface area contributed by atoms with Crippen LogP contribution in [0.3, 0.4) is 0 Å². The summed E-state index contributed by atoms with van der Waals surface area (Å²) in [5.74, 6) is 0.450. The average molecular weight is 400 g/mol. The Morgan fingerprint density at radius 3 is 2.65 bits per heavy atom. The van der Waals surface area contributed by atoms with E-state index in [0.717, 1.165) is 17.5 Å². The quantitative estimate of drug-likeness (QED) is 0.597. The number of halogens is 3. The number of anilines is 1. The fraction of sp³-hybridized carbons (Fsp3) is 0.316. The number of hydrogen-bond donors (Lipinski definition) is 1. The minimum Gasteiger partial charge on any atom is -0.487 e. The molecule has 26 heavy (non-hydrogen) atoms. The van der Waals surface area contributed by atoms with E-state index >= 15 is 0 Å². The zero-order valence-electron chi connectivity index (χ0n) is 14.7. The molecule has 7 heteroatoms. The molecule has 0 amide bonds. The molecule has 0 spiro atoms. The molecule has 3 nitrogen and oxygen atoms in total. The molecule has 1 N–H and O–H groups in total. The summed E-state index contributed by atoms with van der Waals surface area (Å²) in [4.78, 5) is 0. The highest BCUT2D eigenvalue weighted by Crippen LogP contribution is 2.33. The Morgan fingerprint density at radius 1 is 1.31 bits per heavy atom. The van der Waals surface area contributed by atoms with Crippen molar-refractivity contribution in [1.29, 1.82) is 0 Å². The molecular weight excluding hydrogens is 380 g/mol. The third-order valence-corrected chi connectivity index (χ3v) is 4.58. The molecule has 0 aliphatic rings. The SMILES string of the molecule is CCc1cc(Cl)c(OCc2c(NC(=S)OC)cccc2C(F)F)cc1C. The summed E-state index contributed by atoms with van der Waals surface area (Å²) in [5, 5.41) is 3.33. The maximum absolute atomic E-state index is 13.4. The van der Waals surface area contributed by atoms with Crippen molar-refractivity contribution in [1.82, 2.24) is 0 Å². The van der Waals surface area contributed by atoms with Crippen molar-refractivity contribution in [2.24, 2.45) is 0 Å². The Bertz CT molecular complexity index is 799. The van der Waals surface area contributed by atoms with Crippen molar-refractivity contribution in [2.45, 2.75) is 33.3 Å². The van der Waals surface area contributed by atoms with E-state index in [2.05, 4.69) is 5.32 Å². The summed E-state index contributed by atoms with van der Waals surface area (Å²) in [6, 6.07) is 8.18. The van der Waals surface area contributed by atoms with E-state index in [4.69, 9.17) is 33.3 Å². The summed E-state index contributed by atoms with van der Waals surface area (Å²) in [6.07, 6.45) is -1.80. The van der Waals surface area contributed by atoms with E-state index in [1.165, 1.54) is 19.2 Å². The van der Waals surface area contributed by atoms with Gasteiger partial charge >= 0.3 is 0 Å². The molecule has 0 fully saturated rings. The average Bonchev–Trinajstić information content (AvgIpc) is 2.62. The third-order valence-electron chi connectivity index (χ3n) is 4.01. The molecular formula is C19H20ClF2NO2S. The van der Waals surface area contributed by atoms with Crippen LogP contribution in [0.2, 0.25) is 5.02 Å². The zero-order chi connectivity index (χ0) is 19.3. The fourth-order valence-electron chi connectivity index (χ4n) is 2.59. The molecule has 0 unspecified atom stereocenters. The summed E-state index contributed by atoms with van der Waals surface area (Å²) in [5.41, 5.74) is 2.73. The van der Waals surface area contributed by atoms with Crippen LogP contribution >= 0.6 is 23.8 Å². The van der Waals surface area contributed by atoms with E-state index in [-0.39, 0.29) is 17.3 Å². The number of benzene rings is 2. The molecule has 2 rings (SSSR count). The minimum absolute atomic E-state index is 0.0823. The molecule has 0 bridgehead atoms.